The van der Waals surface area contributed by atoms with Crippen LogP contribution in [0.25, 0.3) is 10.9 Å². The molecule has 0 aliphatic carbocycles. The number of nitrogens with one attached hydrogen (secondary N) is 1. The highest BCUT2D eigenvalue weighted by molar-refractivity contribution is 5.82. The van der Waals surface area contributed by atoms with Gasteiger partial charge in [0.15, 0.2) is 0 Å². The third kappa shape index (κ3) is 3.46. The lowest BCUT2D eigenvalue weighted by Crippen LogP contribution is -1.88. The molecule has 0 atom stereocenters. The quantitative estimate of drug-likeness (QED) is 0.623. The SMILES string of the molecule is Oc1ccc(CCCCCc2c[nH]c3ccccc23)cc1. The summed E-state index contributed by atoms with van der Waals surface area (Å²) in [4.78, 5) is 3.34. The Morgan fingerprint density at radius 3 is 2.43 bits per heavy atom. The third-order valence-electron chi connectivity index (χ3n) is 4.02. The van der Waals surface area contributed by atoms with Crippen LogP contribution in [0.3, 0.4) is 0 Å². The van der Waals surface area contributed by atoms with E-state index in [4.69, 9.17) is 0 Å². The van der Waals surface area contributed by atoms with Crippen LogP contribution in [0.15, 0.2) is 54.7 Å². The van der Waals surface area contributed by atoms with E-state index in [9.17, 15) is 5.11 Å². The minimum absolute atomic E-state index is 0.345. The van der Waals surface area contributed by atoms with Crippen molar-refractivity contribution in [1.82, 2.24) is 4.98 Å². The number of phenols is 1. The first-order chi connectivity index (χ1) is 10.3. The number of benzene rings is 2. The number of aromatic hydroxyl groups is 1. The first-order valence-electron chi connectivity index (χ1n) is 7.66. The van der Waals surface area contributed by atoms with Gasteiger partial charge in [0.1, 0.15) is 5.75 Å². The molecule has 2 N–H and O–H groups in total. The zero-order valence-corrected chi connectivity index (χ0v) is 12.2. The topological polar surface area (TPSA) is 36.0 Å². The van der Waals surface area contributed by atoms with E-state index >= 15 is 0 Å². The second kappa shape index (κ2) is 6.49. The van der Waals surface area contributed by atoms with Gasteiger partial charge in [-0.1, -0.05) is 36.8 Å². The molecular formula is C19H21NO. The summed E-state index contributed by atoms with van der Waals surface area (Å²) in [5, 5.41) is 10.6. The zero-order valence-electron chi connectivity index (χ0n) is 12.2. The molecule has 0 saturated heterocycles. The van der Waals surface area contributed by atoms with Crippen LogP contribution in [0.4, 0.5) is 0 Å². The van der Waals surface area contributed by atoms with E-state index < -0.39 is 0 Å². The van der Waals surface area contributed by atoms with Gasteiger partial charge in [0.05, 0.1) is 0 Å². The van der Waals surface area contributed by atoms with Gasteiger partial charge in [-0.2, -0.15) is 0 Å². The Kier molecular flexibility index (Phi) is 4.25. The average molecular weight is 279 g/mol. The van der Waals surface area contributed by atoms with Gasteiger partial charge < -0.3 is 10.1 Å². The maximum absolute atomic E-state index is 9.26. The van der Waals surface area contributed by atoms with Crippen molar-refractivity contribution in [3.05, 3.63) is 65.9 Å². The molecule has 0 amide bonds. The van der Waals surface area contributed by atoms with Crippen molar-refractivity contribution >= 4 is 10.9 Å². The first-order valence-corrected chi connectivity index (χ1v) is 7.66. The Morgan fingerprint density at radius 2 is 1.57 bits per heavy atom. The van der Waals surface area contributed by atoms with Gasteiger partial charge in [0.2, 0.25) is 0 Å². The van der Waals surface area contributed by atoms with E-state index in [0.29, 0.717) is 5.75 Å². The summed E-state index contributed by atoms with van der Waals surface area (Å²) in [7, 11) is 0. The highest BCUT2D eigenvalue weighted by atomic mass is 16.3. The molecule has 1 aromatic heterocycles. The summed E-state index contributed by atoms with van der Waals surface area (Å²) in [5.74, 6) is 0.345. The molecule has 0 spiro atoms. The molecule has 0 aliphatic heterocycles. The lowest BCUT2D eigenvalue weighted by Gasteiger charge is -2.02. The second-order valence-corrected chi connectivity index (χ2v) is 5.59. The van der Waals surface area contributed by atoms with Crippen LogP contribution in [0.2, 0.25) is 0 Å². The predicted octanol–water partition coefficient (Wildman–Crippen LogP) is 4.83. The predicted molar refractivity (Wildman–Crippen MR) is 87.7 cm³/mol. The van der Waals surface area contributed by atoms with Crippen LogP contribution in [0, 0.1) is 0 Å². The van der Waals surface area contributed by atoms with Crippen LogP contribution in [0.1, 0.15) is 30.4 Å². The molecule has 2 heteroatoms. The van der Waals surface area contributed by atoms with Crippen LogP contribution in [-0.2, 0) is 12.8 Å². The lowest BCUT2D eigenvalue weighted by molar-refractivity contribution is 0.475. The molecule has 0 fully saturated rings. The fourth-order valence-electron chi connectivity index (χ4n) is 2.82. The van der Waals surface area contributed by atoms with E-state index in [2.05, 4.69) is 35.4 Å². The Balaban J connectivity index is 1.45. The van der Waals surface area contributed by atoms with Crippen molar-refractivity contribution in [2.75, 3.05) is 0 Å². The molecule has 2 nitrogen and oxygen atoms in total. The molecule has 21 heavy (non-hydrogen) atoms. The van der Waals surface area contributed by atoms with Gasteiger partial charge in [-0.15, -0.1) is 0 Å². The van der Waals surface area contributed by atoms with Gasteiger partial charge in [-0.3, -0.25) is 0 Å². The van der Waals surface area contributed by atoms with Crippen LogP contribution in [-0.4, -0.2) is 10.1 Å². The number of hydrogen-bond acceptors (Lipinski definition) is 1. The highest BCUT2D eigenvalue weighted by Gasteiger charge is 2.02. The molecule has 0 radical (unpaired) electrons. The number of rotatable bonds is 6. The van der Waals surface area contributed by atoms with E-state index in [1.807, 2.05) is 12.1 Å². The normalized spacial score (nSPS) is 11.0. The Morgan fingerprint density at radius 1 is 0.810 bits per heavy atom. The molecule has 1 heterocycles. The lowest BCUT2D eigenvalue weighted by atomic mass is 10.0. The zero-order chi connectivity index (χ0) is 14.5. The summed E-state index contributed by atoms with van der Waals surface area (Å²) in [6.45, 7) is 0. The van der Waals surface area contributed by atoms with E-state index in [1.54, 1.807) is 12.1 Å². The van der Waals surface area contributed by atoms with Crippen molar-refractivity contribution in [2.45, 2.75) is 32.1 Å². The summed E-state index contributed by atoms with van der Waals surface area (Å²) in [5.41, 5.74) is 3.96. The van der Waals surface area contributed by atoms with Crippen molar-refractivity contribution in [3.8, 4) is 5.75 Å². The summed E-state index contributed by atoms with van der Waals surface area (Å²) >= 11 is 0. The number of para-hydroxylation sites is 1. The van der Waals surface area contributed by atoms with Crippen molar-refractivity contribution in [3.63, 3.8) is 0 Å². The summed E-state index contributed by atoms with van der Waals surface area (Å²) in [6, 6.07) is 16.0. The average Bonchev–Trinajstić information content (AvgIpc) is 2.92. The molecule has 3 rings (SSSR count). The fraction of sp³-hybridized carbons (Fsp3) is 0.263. The maximum Gasteiger partial charge on any atom is 0.115 e. The monoisotopic (exact) mass is 279 g/mol. The summed E-state index contributed by atoms with van der Waals surface area (Å²) < 4.78 is 0. The second-order valence-electron chi connectivity index (χ2n) is 5.59. The summed E-state index contributed by atoms with van der Waals surface area (Å²) in [6.07, 6.45) is 8.03. The molecule has 0 bridgehead atoms. The van der Waals surface area contributed by atoms with Crippen molar-refractivity contribution < 1.29 is 5.11 Å². The molecule has 2 aromatic carbocycles. The van der Waals surface area contributed by atoms with E-state index in [-0.39, 0.29) is 0 Å². The number of H-pyrrole nitrogens is 1. The Hall–Kier alpha value is -2.22. The molecule has 0 unspecified atom stereocenters. The van der Waals surface area contributed by atoms with Crippen LogP contribution in [0.5, 0.6) is 5.75 Å². The number of aryl methyl sites for hydroxylation is 2. The number of aromatic amines is 1. The van der Waals surface area contributed by atoms with Gasteiger partial charge in [0, 0.05) is 17.1 Å². The Labute approximate surface area is 125 Å². The minimum atomic E-state index is 0.345. The number of aromatic nitrogens is 1. The van der Waals surface area contributed by atoms with Gasteiger partial charge in [-0.05, 0) is 55.0 Å². The van der Waals surface area contributed by atoms with Crippen molar-refractivity contribution in [2.24, 2.45) is 0 Å². The first kappa shape index (κ1) is 13.7. The van der Waals surface area contributed by atoms with Crippen LogP contribution >= 0.6 is 0 Å². The minimum Gasteiger partial charge on any atom is -0.508 e. The molecular weight excluding hydrogens is 258 g/mol. The van der Waals surface area contributed by atoms with E-state index in [1.165, 1.54) is 41.3 Å². The maximum atomic E-state index is 9.26. The third-order valence-corrected chi connectivity index (χ3v) is 4.02. The number of unbranched alkanes of at least 4 members (excludes halogenated alkanes) is 2. The highest BCUT2D eigenvalue weighted by Crippen LogP contribution is 2.20. The smallest absolute Gasteiger partial charge is 0.115 e. The largest absolute Gasteiger partial charge is 0.508 e. The number of hydrogen-bond donors (Lipinski definition) is 2. The molecule has 0 saturated carbocycles. The molecule has 3 aromatic rings. The van der Waals surface area contributed by atoms with Gasteiger partial charge in [0.25, 0.3) is 0 Å². The number of phenolic OH excluding ortho intramolecular Hbond substituents is 1. The number of fused-ring (bicyclic) bond motifs is 1. The van der Waals surface area contributed by atoms with E-state index in [0.717, 1.165) is 12.8 Å². The standard InChI is InChI=1S/C19H21NO/c21-17-12-10-15(11-13-17)6-2-1-3-7-16-14-20-19-9-5-4-8-18(16)19/h4-5,8-14,20-21H,1-3,6-7H2. The van der Waals surface area contributed by atoms with Gasteiger partial charge >= 0.3 is 0 Å². The molecule has 0 aliphatic rings. The fourth-order valence-corrected chi connectivity index (χ4v) is 2.82. The van der Waals surface area contributed by atoms with Crippen molar-refractivity contribution in [1.29, 1.82) is 0 Å². The molecule has 108 valence electrons. The van der Waals surface area contributed by atoms with Crippen LogP contribution < -0.4 is 0 Å². The Bertz CT molecular complexity index is 697. The van der Waals surface area contributed by atoms with Gasteiger partial charge in [-0.25, -0.2) is 0 Å².